The maximum atomic E-state index is 3.56. The second-order valence-electron chi connectivity index (χ2n) is 6.42. The van der Waals surface area contributed by atoms with Gasteiger partial charge in [0.25, 0.3) is 0 Å². The minimum atomic E-state index is 0.432. The summed E-state index contributed by atoms with van der Waals surface area (Å²) in [5, 5.41) is 3.56. The highest BCUT2D eigenvalue weighted by Gasteiger charge is 2.33. The molecule has 0 saturated carbocycles. The molecule has 1 heterocycles. The monoisotopic (exact) mass is 231 g/mol. The lowest BCUT2D eigenvalue weighted by Gasteiger charge is -2.41. The smallest absolute Gasteiger partial charge is 0.00145 e. The highest BCUT2D eigenvalue weighted by Crippen LogP contribution is 2.37. The summed E-state index contributed by atoms with van der Waals surface area (Å²) in [5.74, 6) is 1.62. The van der Waals surface area contributed by atoms with Crippen molar-refractivity contribution in [3.63, 3.8) is 0 Å². The van der Waals surface area contributed by atoms with Gasteiger partial charge in [-0.05, 0) is 48.7 Å². The minimum Gasteiger partial charge on any atom is -0.316 e. The van der Waals surface area contributed by atoms with Gasteiger partial charge in [-0.15, -0.1) is 0 Å². The number of hydrogen-bond donors (Lipinski definition) is 1. The third-order valence-electron chi connectivity index (χ3n) is 4.06. The molecule has 94 valence electrons. The molecular formula is C16H25N. The van der Waals surface area contributed by atoms with Crippen molar-refractivity contribution in [3.05, 3.63) is 35.9 Å². The normalized spacial score (nSPS) is 25.8. The Kier molecular flexibility index (Phi) is 3.88. The highest BCUT2D eigenvalue weighted by molar-refractivity contribution is 5.16. The molecule has 1 fully saturated rings. The molecule has 1 aromatic rings. The van der Waals surface area contributed by atoms with E-state index in [1.54, 1.807) is 0 Å². The number of benzene rings is 1. The zero-order valence-corrected chi connectivity index (χ0v) is 11.4. The molecule has 1 aromatic carbocycles. The van der Waals surface area contributed by atoms with E-state index >= 15 is 0 Å². The minimum absolute atomic E-state index is 0.432. The maximum absolute atomic E-state index is 3.56. The predicted molar refractivity (Wildman–Crippen MR) is 74.1 cm³/mol. The highest BCUT2D eigenvalue weighted by atomic mass is 14.9. The summed E-state index contributed by atoms with van der Waals surface area (Å²) in [6.07, 6.45) is 2.54. The van der Waals surface area contributed by atoms with Crippen molar-refractivity contribution in [2.75, 3.05) is 13.1 Å². The van der Waals surface area contributed by atoms with Crippen LogP contribution in [-0.2, 0) is 6.42 Å². The van der Waals surface area contributed by atoms with Crippen molar-refractivity contribution >= 4 is 0 Å². The molecule has 0 unspecified atom stereocenters. The zero-order chi connectivity index (χ0) is 12.3. The number of hydrogen-bond acceptors (Lipinski definition) is 1. The molecular weight excluding hydrogens is 206 g/mol. The van der Waals surface area contributed by atoms with Crippen LogP contribution in [0, 0.1) is 17.3 Å². The van der Waals surface area contributed by atoms with Crippen LogP contribution >= 0.6 is 0 Å². The lowest BCUT2D eigenvalue weighted by Crippen LogP contribution is -2.43. The molecule has 2 atom stereocenters. The summed E-state index contributed by atoms with van der Waals surface area (Å²) in [7, 11) is 0. The Bertz CT molecular complexity index is 336. The SMILES string of the molecule is CC(C)(C)[C@@H]1CCNC[C@@H]1Cc1ccccc1. The molecule has 0 spiro atoms. The Morgan fingerprint density at radius 3 is 2.53 bits per heavy atom. The van der Waals surface area contributed by atoms with Gasteiger partial charge in [-0.2, -0.15) is 0 Å². The molecule has 1 aliphatic rings. The van der Waals surface area contributed by atoms with Gasteiger partial charge in [0.15, 0.2) is 0 Å². The van der Waals surface area contributed by atoms with Crippen LogP contribution in [0.5, 0.6) is 0 Å². The predicted octanol–water partition coefficient (Wildman–Crippen LogP) is 3.50. The van der Waals surface area contributed by atoms with Crippen LogP contribution in [0.2, 0.25) is 0 Å². The van der Waals surface area contributed by atoms with E-state index in [1.807, 2.05) is 0 Å². The van der Waals surface area contributed by atoms with Gasteiger partial charge in [0.05, 0.1) is 0 Å². The van der Waals surface area contributed by atoms with E-state index in [-0.39, 0.29) is 0 Å². The lowest BCUT2D eigenvalue weighted by atomic mass is 9.68. The van der Waals surface area contributed by atoms with Crippen molar-refractivity contribution in [1.29, 1.82) is 0 Å². The fraction of sp³-hybridized carbons (Fsp3) is 0.625. The topological polar surface area (TPSA) is 12.0 Å². The summed E-state index contributed by atoms with van der Waals surface area (Å²) in [6.45, 7) is 9.53. The molecule has 17 heavy (non-hydrogen) atoms. The van der Waals surface area contributed by atoms with Gasteiger partial charge in [-0.1, -0.05) is 51.1 Å². The van der Waals surface area contributed by atoms with Crippen LogP contribution in [0.15, 0.2) is 30.3 Å². The van der Waals surface area contributed by atoms with Gasteiger partial charge in [-0.25, -0.2) is 0 Å². The third-order valence-corrected chi connectivity index (χ3v) is 4.06. The van der Waals surface area contributed by atoms with Crippen molar-refractivity contribution < 1.29 is 0 Å². The van der Waals surface area contributed by atoms with Crippen LogP contribution < -0.4 is 5.32 Å². The standard InChI is InChI=1S/C16H25N/c1-16(2,3)15-9-10-17-12-14(15)11-13-7-5-4-6-8-13/h4-8,14-15,17H,9-12H2,1-3H3/t14-,15+/m0/s1. The largest absolute Gasteiger partial charge is 0.316 e. The molecule has 1 saturated heterocycles. The first-order valence-corrected chi connectivity index (χ1v) is 6.82. The Labute approximate surface area is 106 Å². The van der Waals surface area contributed by atoms with Crippen LogP contribution in [0.4, 0.5) is 0 Å². The maximum Gasteiger partial charge on any atom is -0.00145 e. The van der Waals surface area contributed by atoms with Gasteiger partial charge in [0, 0.05) is 0 Å². The van der Waals surface area contributed by atoms with Crippen molar-refractivity contribution in [1.82, 2.24) is 5.32 Å². The summed E-state index contributed by atoms with van der Waals surface area (Å²) < 4.78 is 0. The van der Waals surface area contributed by atoms with Gasteiger partial charge in [0.1, 0.15) is 0 Å². The van der Waals surface area contributed by atoms with Crippen molar-refractivity contribution in [2.24, 2.45) is 17.3 Å². The number of nitrogens with one attached hydrogen (secondary N) is 1. The molecule has 2 rings (SSSR count). The molecule has 1 nitrogen and oxygen atoms in total. The van der Waals surface area contributed by atoms with E-state index in [4.69, 9.17) is 0 Å². The molecule has 1 aliphatic heterocycles. The average Bonchev–Trinajstić information content (AvgIpc) is 2.30. The number of piperidine rings is 1. The average molecular weight is 231 g/mol. The Morgan fingerprint density at radius 1 is 1.18 bits per heavy atom. The number of rotatable bonds is 2. The summed E-state index contributed by atoms with van der Waals surface area (Å²) in [5.41, 5.74) is 1.91. The van der Waals surface area contributed by atoms with Crippen LogP contribution in [0.3, 0.4) is 0 Å². The van der Waals surface area contributed by atoms with Gasteiger partial charge < -0.3 is 5.32 Å². The molecule has 0 bridgehead atoms. The van der Waals surface area contributed by atoms with Crippen LogP contribution in [-0.4, -0.2) is 13.1 Å². The van der Waals surface area contributed by atoms with E-state index in [0.717, 1.165) is 11.8 Å². The van der Waals surface area contributed by atoms with E-state index in [0.29, 0.717) is 5.41 Å². The molecule has 0 radical (unpaired) electrons. The van der Waals surface area contributed by atoms with E-state index < -0.39 is 0 Å². The first-order valence-electron chi connectivity index (χ1n) is 6.82. The molecule has 1 heteroatoms. The summed E-state index contributed by atoms with van der Waals surface area (Å²) in [6, 6.07) is 10.9. The second-order valence-corrected chi connectivity index (χ2v) is 6.42. The molecule has 0 aromatic heterocycles. The first kappa shape index (κ1) is 12.6. The second kappa shape index (κ2) is 5.22. The van der Waals surface area contributed by atoms with Gasteiger partial charge >= 0.3 is 0 Å². The Balaban J connectivity index is 2.07. The van der Waals surface area contributed by atoms with E-state index in [2.05, 4.69) is 56.4 Å². The van der Waals surface area contributed by atoms with E-state index in [9.17, 15) is 0 Å². The van der Waals surface area contributed by atoms with Crippen LogP contribution in [0.1, 0.15) is 32.8 Å². The Morgan fingerprint density at radius 2 is 1.88 bits per heavy atom. The molecule has 0 amide bonds. The quantitative estimate of drug-likeness (QED) is 0.821. The van der Waals surface area contributed by atoms with E-state index in [1.165, 1.54) is 31.5 Å². The summed E-state index contributed by atoms with van der Waals surface area (Å²) in [4.78, 5) is 0. The fourth-order valence-corrected chi connectivity index (χ4v) is 3.19. The first-order chi connectivity index (χ1) is 8.07. The molecule has 0 aliphatic carbocycles. The van der Waals surface area contributed by atoms with Crippen molar-refractivity contribution in [3.8, 4) is 0 Å². The fourth-order valence-electron chi connectivity index (χ4n) is 3.19. The molecule has 1 N–H and O–H groups in total. The summed E-state index contributed by atoms with van der Waals surface area (Å²) >= 11 is 0. The van der Waals surface area contributed by atoms with Gasteiger partial charge in [-0.3, -0.25) is 0 Å². The van der Waals surface area contributed by atoms with Gasteiger partial charge in [0.2, 0.25) is 0 Å². The van der Waals surface area contributed by atoms with Crippen LogP contribution in [0.25, 0.3) is 0 Å². The Hall–Kier alpha value is -0.820. The lowest BCUT2D eigenvalue weighted by molar-refractivity contribution is 0.118. The third kappa shape index (κ3) is 3.32. The zero-order valence-electron chi connectivity index (χ0n) is 11.4. The van der Waals surface area contributed by atoms with Crippen molar-refractivity contribution in [2.45, 2.75) is 33.6 Å².